The number of benzene rings is 1. The molecule has 0 atom stereocenters. The topological polar surface area (TPSA) is 64.1 Å². The van der Waals surface area contributed by atoms with Crippen molar-refractivity contribution in [3.63, 3.8) is 0 Å². The van der Waals surface area contributed by atoms with Gasteiger partial charge in [-0.3, -0.25) is 0 Å². The fourth-order valence-electron chi connectivity index (χ4n) is 1.83. The molecule has 0 radical (unpaired) electrons. The van der Waals surface area contributed by atoms with Crippen molar-refractivity contribution in [2.45, 2.75) is 32.9 Å². The van der Waals surface area contributed by atoms with Crippen LogP contribution in [0.25, 0.3) is 11.3 Å². The summed E-state index contributed by atoms with van der Waals surface area (Å²) in [4.78, 5) is 19.6. The van der Waals surface area contributed by atoms with E-state index in [1.165, 1.54) is 0 Å². The first-order valence-electron chi connectivity index (χ1n) is 6.99. The molecule has 0 aliphatic carbocycles. The highest BCUT2D eigenvalue weighted by Gasteiger charge is 2.16. The van der Waals surface area contributed by atoms with E-state index in [2.05, 4.69) is 15.3 Å². The van der Waals surface area contributed by atoms with E-state index >= 15 is 0 Å². The van der Waals surface area contributed by atoms with Gasteiger partial charge in [-0.2, -0.15) is 0 Å². The molecule has 1 amide bonds. The molecule has 2 rings (SSSR count). The number of rotatable bonds is 3. The number of carbonyl (C=O) groups excluding carboxylic acids is 1. The average molecular weight is 354 g/mol. The number of alkyl carbamates (subject to hydrolysis) is 1. The first kappa shape index (κ1) is 17.5. The number of nitrogens with one attached hydrogen (secondary N) is 1. The van der Waals surface area contributed by atoms with Gasteiger partial charge in [-0.15, -0.1) is 0 Å². The van der Waals surface area contributed by atoms with E-state index < -0.39 is 11.7 Å². The molecule has 1 heterocycles. The van der Waals surface area contributed by atoms with Gasteiger partial charge in [0.1, 0.15) is 5.60 Å². The van der Waals surface area contributed by atoms with Crippen LogP contribution in [-0.4, -0.2) is 21.7 Å². The number of hydrogen-bond donors (Lipinski definition) is 1. The van der Waals surface area contributed by atoms with Crippen LogP contribution < -0.4 is 5.32 Å². The highest BCUT2D eigenvalue weighted by atomic mass is 35.5. The van der Waals surface area contributed by atoms with E-state index in [9.17, 15) is 4.79 Å². The number of hydrogen-bond acceptors (Lipinski definition) is 4. The summed E-state index contributed by atoms with van der Waals surface area (Å²) in [6.45, 7) is 5.70. The third-order valence-corrected chi connectivity index (χ3v) is 3.33. The Bertz CT molecular complexity index is 715. The molecule has 0 bridgehead atoms. The predicted octanol–water partition coefficient (Wildman–Crippen LogP) is 4.48. The molecule has 0 aliphatic heterocycles. The molecular formula is C16H17Cl2N3O2. The number of carbonyl (C=O) groups is 1. The number of halogens is 2. The van der Waals surface area contributed by atoms with Crippen molar-refractivity contribution in [2.75, 3.05) is 0 Å². The average Bonchev–Trinajstić information content (AvgIpc) is 2.44. The van der Waals surface area contributed by atoms with Crippen molar-refractivity contribution < 1.29 is 9.53 Å². The number of aromatic nitrogens is 2. The van der Waals surface area contributed by atoms with Gasteiger partial charge in [0.15, 0.2) is 0 Å². The molecule has 7 heteroatoms. The van der Waals surface area contributed by atoms with Crippen LogP contribution in [0.1, 0.15) is 26.3 Å². The molecule has 1 N–H and O–H groups in total. The normalized spacial score (nSPS) is 11.2. The summed E-state index contributed by atoms with van der Waals surface area (Å²) in [5.74, 6) is 0. The van der Waals surface area contributed by atoms with Crippen molar-refractivity contribution in [3.8, 4) is 11.3 Å². The lowest BCUT2D eigenvalue weighted by Crippen LogP contribution is -2.32. The molecule has 23 heavy (non-hydrogen) atoms. The Hall–Kier alpha value is -1.85. The Labute approximate surface area is 145 Å². The quantitative estimate of drug-likeness (QED) is 0.826. The monoisotopic (exact) mass is 353 g/mol. The van der Waals surface area contributed by atoms with Crippen LogP contribution in [-0.2, 0) is 11.3 Å². The second-order valence-corrected chi connectivity index (χ2v) is 6.62. The first-order chi connectivity index (χ1) is 10.7. The summed E-state index contributed by atoms with van der Waals surface area (Å²) in [6, 6.07) is 7.20. The fourth-order valence-corrected chi connectivity index (χ4v) is 2.22. The van der Waals surface area contributed by atoms with Gasteiger partial charge < -0.3 is 10.1 Å². The molecule has 1 aromatic heterocycles. The van der Waals surface area contributed by atoms with Gasteiger partial charge in [-0.25, -0.2) is 14.8 Å². The Kier molecular flexibility index (Phi) is 5.44. The van der Waals surface area contributed by atoms with Gasteiger partial charge in [-0.1, -0.05) is 23.7 Å². The number of ether oxygens (including phenoxy) is 1. The van der Waals surface area contributed by atoms with Crippen LogP contribution in [0.4, 0.5) is 4.79 Å². The van der Waals surface area contributed by atoms with Crippen molar-refractivity contribution in [3.05, 3.63) is 46.3 Å². The molecule has 0 spiro atoms. The highest BCUT2D eigenvalue weighted by molar-refractivity contribution is 6.31. The second kappa shape index (κ2) is 7.15. The van der Waals surface area contributed by atoms with Crippen molar-refractivity contribution in [2.24, 2.45) is 0 Å². The fraction of sp³-hybridized carbons (Fsp3) is 0.312. The van der Waals surface area contributed by atoms with Crippen molar-refractivity contribution >= 4 is 29.3 Å². The molecule has 0 saturated heterocycles. The van der Waals surface area contributed by atoms with Crippen LogP contribution >= 0.6 is 23.2 Å². The van der Waals surface area contributed by atoms with Crippen LogP contribution in [0.2, 0.25) is 10.3 Å². The maximum atomic E-state index is 11.7. The van der Waals surface area contributed by atoms with Crippen LogP contribution in [0, 0.1) is 0 Å². The van der Waals surface area contributed by atoms with Crippen molar-refractivity contribution in [1.29, 1.82) is 0 Å². The summed E-state index contributed by atoms with van der Waals surface area (Å²) < 4.78 is 5.18. The Morgan fingerprint density at radius 2 is 2.00 bits per heavy atom. The highest BCUT2D eigenvalue weighted by Crippen LogP contribution is 2.25. The van der Waals surface area contributed by atoms with E-state index in [1.54, 1.807) is 39.1 Å². The molecule has 5 nitrogen and oxygen atoms in total. The lowest BCUT2D eigenvalue weighted by molar-refractivity contribution is 0.0523. The van der Waals surface area contributed by atoms with E-state index in [0.29, 0.717) is 10.7 Å². The maximum Gasteiger partial charge on any atom is 0.407 e. The molecule has 2 aromatic rings. The zero-order chi connectivity index (χ0) is 17.0. The molecule has 0 aliphatic rings. The summed E-state index contributed by atoms with van der Waals surface area (Å²) in [5.41, 5.74) is 1.74. The second-order valence-electron chi connectivity index (χ2n) is 5.87. The molecular weight excluding hydrogens is 337 g/mol. The van der Waals surface area contributed by atoms with Gasteiger partial charge in [0.25, 0.3) is 0 Å². The number of nitrogens with zero attached hydrogens (tertiary/aromatic N) is 2. The summed E-state index contributed by atoms with van der Waals surface area (Å²) >= 11 is 12.1. The van der Waals surface area contributed by atoms with Gasteiger partial charge in [0.2, 0.25) is 5.28 Å². The smallest absolute Gasteiger partial charge is 0.407 e. The zero-order valence-corrected chi connectivity index (χ0v) is 14.6. The molecule has 0 fully saturated rings. The molecule has 122 valence electrons. The minimum Gasteiger partial charge on any atom is -0.444 e. The lowest BCUT2D eigenvalue weighted by Gasteiger charge is -2.19. The zero-order valence-electron chi connectivity index (χ0n) is 13.1. The summed E-state index contributed by atoms with van der Waals surface area (Å²) in [5, 5.41) is 3.37. The van der Waals surface area contributed by atoms with E-state index in [4.69, 9.17) is 27.9 Å². The minimum atomic E-state index is -0.538. The molecule has 0 saturated carbocycles. The largest absolute Gasteiger partial charge is 0.444 e. The van der Waals surface area contributed by atoms with Gasteiger partial charge in [0, 0.05) is 23.3 Å². The maximum absolute atomic E-state index is 11.7. The van der Waals surface area contributed by atoms with Gasteiger partial charge in [0.05, 0.1) is 5.69 Å². The van der Waals surface area contributed by atoms with E-state index in [1.807, 2.05) is 12.1 Å². The Morgan fingerprint density at radius 3 is 2.61 bits per heavy atom. The van der Waals surface area contributed by atoms with Crippen LogP contribution in [0.5, 0.6) is 0 Å². The number of amides is 1. The summed E-state index contributed by atoms with van der Waals surface area (Å²) in [6.07, 6.45) is 1.09. The minimum absolute atomic E-state index is 0.175. The predicted molar refractivity (Wildman–Crippen MR) is 90.6 cm³/mol. The van der Waals surface area contributed by atoms with Crippen molar-refractivity contribution in [1.82, 2.24) is 15.3 Å². The van der Waals surface area contributed by atoms with Gasteiger partial charge >= 0.3 is 6.09 Å². The SMILES string of the molecule is CC(C)(C)OC(=O)NCc1ccc(-c2ccnc(Cl)n2)cc1Cl. The third-order valence-electron chi connectivity index (χ3n) is 2.80. The standard InChI is InChI=1S/C16H17Cl2N3O2/c1-16(2,3)23-15(22)20-9-11-5-4-10(8-12(11)17)13-6-7-19-14(18)21-13/h4-8H,9H2,1-3H3,(H,20,22). The lowest BCUT2D eigenvalue weighted by atomic mass is 10.1. The van der Waals surface area contributed by atoms with E-state index in [0.717, 1.165) is 11.1 Å². The molecule has 0 unspecified atom stereocenters. The van der Waals surface area contributed by atoms with E-state index in [-0.39, 0.29) is 11.8 Å². The summed E-state index contributed by atoms with van der Waals surface area (Å²) in [7, 11) is 0. The first-order valence-corrected chi connectivity index (χ1v) is 7.74. The third kappa shape index (κ3) is 5.37. The molecule has 1 aromatic carbocycles. The van der Waals surface area contributed by atoms with Crippen LogP contribution in [0.15, 0.2) is 30.5 Å². The van der Waals surface area contributed by atoms with Crippen LogP contribution in [0.3, 0.4) is 0 Å². The van der Waals surface area contributed by atoms with Gasteiger partial charge in [-0.05, 0) is 50.1 Å². The Morgan fingerprint density at radius 1 is 1.26 bits per heavy atom. The Balaban J connectivity index is 2.07.